The van der Waals surface area contributed by atoms with Gasteiger partial charge in [0.1, 0.15) is 12.4 Å². The molecule has 0 spiro atoms. The summed E-state index contributed by atoms with van der Waals surface area (Å²) in [4.78, 5) is 7.83. The smallest absolute Gasteiger partial charge is 0.223 e. The van der Waals surface area contributed by atoms with E-state index >= 15 is 0 Å². The van der Waals surface area contributed by atoms with E-state index in [4.69, 9.17) is 21.9 Å². The Bertz CT molecular complexity index is 946. The molecule has 0 aliphatic heterocycles. The van der Waals surface area contributed by atoms with Crippen LogP contribution < -0.4 is 21.9 Å². The van der Waals surface area contributed by atoms with Gasteiger partial charge in [-0.2, -0.15) is 4.99 Å². The topological polar surface area (TPSA) is 112 Å². The second-order valence-electron chi connectivity index (χ2n) is 5.86. The molecular weight excluding hydrogens is 338 g/mol. The molecule has 0 aliphatic carbocycles. The Morgan fingerprint density at radius 1 is 0.778 bits per heavy atom. The van der Waals surface area contributed by atoms with Gasteiger partial charge in [0.05, 0.1) is 5.69 Å². The van der Waals surface area contributed by atoms with Gasteiger partial charge in [-0.3, -0.25) is 0 Å². The third kappa shape index (κ3) is 5.34. The lowest BCUT2D eigenvalue weighted by molar-refractivity contribution is 0.306. The summed E-state index contributed by atoms with van der Waals surface area (Å²) in [6.45, 7) is 0.530. The zero-order chi connectivity index (χ0) is 19.1. The summed E-state index contributed by atoms with van der Waals surface area (Å²) in [7, 11) is 0. The van der Waals surface area contributed by atoms with Crippen molar-refractivity contribution in [2.75, 3.05) is 0 Å². The summed E-state index contributed by atoms with van der Waals surface area (Å²) in [6, 6.07) is 25.6. The van der Waals surface area contributed by atoms with Crippen LogP contribution in [-0.4, -0.2) is 11.9 Å². The zero-order valence-electron chi connectivity index (χ0n) is 14.7. The second-order valence-corrected chi connectivity index (χ2v) is 5.86. The number of hydrogen-bond donors (Lipinski definition) is 3. The average Bonchev–Trinajstić information content (AvgIpc) is 2.67. The fourth-order valence-corrected chi connectivity index (χ4v) is 2.52. The number of ether oxygens (including phenoxy) is 1. The minimum atomic E-state index is -0.125. The molecule has 6 heteroatoms. The lowest BCUT2D eigenvalue weighted by Gasteiger charge is -2.09. The van der Waals surface area contributed by atoms with Crippen molar-refractivity contribution >= 4 is 17.6 Å². The van der Waals surface area contributed by atoms with E-state index in [1.807, 2.05) is 78.9 Å². The normalized spacial score (nSPS) is 11.0. The summed E-state index contributed by atoms with van der Waals surface area (Å²) in [5, 5.41) is 0. The molecule has 0 radical (unpaired) electrons. The summed E-state index contributed by atoms with van der Waals surface area (Å²) < 4.78 is 5.89. The standard InChI is InChI=1S/C21H21N5O/c22-20(23)26-21(24)25-18-11-9-16(10-12-18)17-7-4-8-19(13-17)27-14-15-5-2-1-3-6-15/h1-13H,14H2,(H6,22,23,24,25,26). The molecule has 0 unspecified atom stereocenters. The molecule has 0 bridgehead atoms. The van der Waals surface area contributed by atoms with Crippen molar-refractivity contribution in [1.29, 1.82) is 0 Å². The van der Waals surface area contributed by atoms with E-state index in [0.717, 1.165) is 22.4 Å². The van der Waals surface area contributed by atoms with Crippen molar-refractivity contribution in [2.45, 2.75) is 6.61 Å². The number of aliphatic imine (C=N–C) groups is 2. The van der Waals surface area contributed by atoms with Gasteiger partial charge >= 0.3 is 0 Å². The maximum atomic E-state index is 5.89. The summed E-state index contributed by atoms with van der Waals surface area (Å²) >= 11 is 0. The van der Waals surface area contributed by atoms with Crippen LogP contribution in [0, 0.1) is 0 Å². The highest BCUT2D eigenvalue weighted by molar-refractivity contribution is 5.93. The van der Waals surface area contributed by atoms with E-state index in [-0.39, 0.29) is 11.9 Å². The van der Waals surface area contributed by atoms with Gasteiger partial charge in [-0.1, -0.05) is 54.6 Å². The van der Waals surface area contributed by atoms with Crippen molar-refractivity contribution in [2.24, 2.45) is 27.2 Å². The summed E-state index contributed by atoms with van der Waals surface area (Å²) in [6.07, 6.45) is 0. The molecule has 0 aliphatic rings. The van der Waals surface area contributed by atoms with Crippen LogP contribution in [0.3, 0.4) is 0 Å². The third-order valence-corrected chi connectivity index (χ3v) is 3.77. The Labute approximate surface area is 158 Å². The Morgan fingerprint density at radius 2 is 1.52 bits per heavy atom. The molecule has 0 heterocycles. The summed E-state index contributed by atoms with van der Waals surface area (Å²) in [5.74, 6) is 0.703. The number of nitrogens with two attached hydrogens (primary N) is 3. The highest BCUT2D eigenvalue weighted by atomic mass is 16.5. The van der Waals surface area contributed by atoms with E-state index in [2.05, 4.69) is 9.98 Å². The Hall–Kier alpha value is -3.80. The van der Waals surface area contributed by atoms with Crippen LogP contribution in [0.5, 0.6) is 5.75 Å². The highest BCUT2D eigenvalue weighted by Crippen LogP contribution is 2.26. The van der Waals surface area contributed by atoms with Gasteiger partial charge in [0.2, 0.25) is 5.96 Å². The molecule has 0 aromatic heterocycles. The van der Waals surface area contributed by atoms with Gasteiger partial charge in [0.25, 0.3) is 0 Å². The monoisotopic (exact) mass is 359 g/mol. The lowest BCUT2D eigenvalue weighted by atomic mass is 10.1. The SMILES string of the molecule is NC(N)=NC(N)=Nc1ccc(-c2cccc(OCc3ccccc3)c2)cc1. The van der Waals surface area contributed by atoms with Crippen LogP contribution in [0.2, 0.25) is 0 Å². The average molecular weight is 359 g/mol. The van der Waals surface area contributed by atoms with Gasteiger partial charge < -0.3 is 21.9 Å². The predicted molar refractivity (Wildman–Crippen MR) is 110 cm³/mol. The van der Waals surface area contributed by atoms with Crippen LogP contribution in [0.4, 0.5) is 5.69 Å². The quantitative estimate of drug-likeness (QED) is 0.480. The molecule has 0 amide bonds. The van der Waals surface area contributed by atoms with Crippen molar-refractivity contribution in [3.05, 3.63) is 84.4 Å². The first-order valence-corrected chi connectivity index (χ1v) is 8.41. The largest absolute Gasteiger partial charge is 0.489 e. The molecule has 0 saturated carbocycles. The van der Waals surface area contributed by atoms with Gasteiger partial charge in [-0.25, -0.2) is 4.99 Å². The molecule has 136 valence electrons. The summed E-state index contributed by atoms with van der Waals surface area (Å²) in [5.41, 5.74) is 20.1. The maximum absolute atomic E-state index is 5.89. The molecule has 0 atom stereocenters. The van der Waals surface area contributed by atoms with Crippen molar-refractivity contribution in [1.82, 2.24) is 0 Å². The Balaban J connectivity index is 1.72. The van der Waals surface area contributed by atoms with Crippen LogP contribution in [0.1, 0.15) is 5.56 Å². The van der Waals surface area contributed by atoms with Crippen molar-refractivity contribution in [3.63, 3.8) is 0 Å². The predicted octanol–water partition coefficient (Wildman–Crippen LogP) is 3.15. The van der Waals surface area contributed by atoms with E-state index < -0.39 is 0 Å². The van der Waals surface area contributed by atoms with E-state index in [1.165, 1.54) is 0 Å². The molecular formula is C21H21N5O. The number of hydrogen-bond acceptors (Lipinski definition) is 2. The molecule has 27 heavy (non-hydrogen) atoms. The van der Waals surface area contributed by atoms with Crippen molar-refractivity contribution < 1.29 is 4.74 Å². The third-order valence-electron chi connectivity index (χ3n) is 3.77. The molecule has 0 fully saturated rings. The lowest BCUT2D eigenvalue weighted by Crippen LogP contribution is -2.26. The fraction of sp³-hybridized carbons (Fsp3) is 0.0476. The number of guanidine groups is 2. The highest BCUT2D eigenvalue weighted by Gasteiger charge is 2.02. The van der Waals surface area contributed by atoms with Crippen LogP contribution >= 0.6 is 0 Å². The first-order valence-electron chi connectivity index (χ1n) is 8.41. The Kier molecular flexibility index (Phi) is 5.69. The molecule has 3 aromatic rings. The van der Waals surface area contributed by atoms with Gasteiger partial charge in [0, 0.05) is 0 Å². The van der Waals surface area contributed by atoms with Crippen LogP contribution in [0.25, 0.3) is 11.1 Å². The van der Waals surface area contributed by atoms with Gasteiger partial charge in [-0.05, 0) is 41.0 Å². The molecule has 6 N–H and O–H groups in total. The van der Waals surface area contributed by atoms with Gasteiger partial charge in [0.15, 0.2) is 5.96 Å². The van der Waals surface area contributed by atoms with Crippen LogP contribution in [-0.2, 0) is 6.61 Å². The van der Waals surface area contributed by atoms with Gasteiger partial charge in [-0.15, -0.1) is 0 Å². The van der Waals surface area contributed by atoms with E-state index in [9.17, 15) is 0 Å². The molecule has 0 saturated heterocycles. The molecule has 3 rings (SSSR count). The first kappa shape index (κ1) is 18.0. The molecule has 6 nitrogen and oxygen atoms in total. The van der Waals surface area contributed by atoms with E-state index in [1.54, 1.807) is 0 Å². The van der Waals surface area contributed by atoms with E-state index in [0.29, 0.717) is 12.3 Å². The Morgan fingerprint density at radius 3 is 2.22 bits per heavy atom. The minimum absolute atomic E-state index is 0.0130. The zero-order valence-corrected chi connectivity index (χ0v) is 14.7. The first-order chi connectivity index (χ1) is 13.1. The fourth-order valence-electron chi connectivity index (χ4n) is 2.52. The maximum Gasteiger partial charge on any atom is 0.223 e. The number of rotatable bonds is 5. The number of benzene rings is 3. The van der Waals surface area contributed by atoms with Crippen molar-refractivity contribution in [3.8, 4) is 16.9 Å². The molecule has 3 aromatic carbocycles. The van der Waals surface area contributed by atoms with Crippen LogP contribution in [0.15, 0.2) is 88.8 Å². The number of nitrogens with zero attached hydrogens (tertiary/aromatic N) is 2. The minimum Gasteiger partial charge on any atom is -0.489 e. The second kappa shape index (κ2) is 8.53.